The number of para-hydroxylation sites is 2. The number of amides is 1. The fourth-order valence-electron chi connectivity index (χ4n) is 3.68. The maximum Gasteiger partial charge on any atom is 0.308 e. The molecular weight excluding hydrogens is 394 g/mol. The number of ether oxygens (including phenoxy) is 1. The Balaban J connectivity index is 1.95. The Bertz CT molecular complexity index is 1130. The maximum absolute atomic E-state index is 12.9. The first kappa shape index (κ1) is 20.0. The minimum Gasteiger partial charge on any atom is -0.426 e. The molecular formula is C25H21NO3S. The van der Waals surface area contributed by atoms with Crippen LogP contribution < -0.4 is 9.64 Å². The van der Waals surface area contributed by atoms with Crippen molar-refractivity contribution >= 4 is 35.4 Å². The monoisotopic (exact) mass is 415 g/mol. The van der Waals surface area contributed by atoms with Crippen molar-refractivity contribution < 1.29 is 14.3 Å². The lowest BCUT2D eigenvalue weighted by atomic mass is 10.0. The van der Waals surface area contributed by atoms with Crippen molar-refractivity contribution in [1.29, 1.82) is 0 Å². The number of thioether (sulfide) groups is 1. The minimum absolute atomic E-state index is 0.0946. The first-order valence-electron chi connectivity index (χ1n) is 9.62. The zero-order valence-electron chi connectivity index (χ0n) is 16.7. The highest BCUT2D eigenvalue weighted by Crippen LogP contribution is 2.58. The normalized spacial score (nSPS) is 17.7. The predicted octanol–water partition coefficient (Wildman–Crippen LogP) is 5.64. The van der Waals surface area contributed by atoms with Crippen LogP contribution in [0.2, 0.25) is 0 Å². The van der Waals surface area contributed by atoms with Gasteiger partial charge in [0.2, 0.25) is 5.91 Å². The van der Waals surface area contributed by atoms with E-state index in [-0.39, 0.29) is 5.91 Å². The SMILES string of the molecule is CC(=O)Oc1ccccc1C1(/C=C/c2ccccc2)Sc2ccccc2N1C(C)=O. The quantitative estimate of drug-likeness (QED) is 0.409. The number of fused-ring (bicyclic) bond motifs is 1. The maximum atomic E-state index is 12.9. The standard InChI is InChI=1S/C25H21NO3S/c1-18(27)26-22-13-7-9-15-24(22)30-25(26,17-16-20-10-4-3-5-11-20)21-12-6-8-14-23(21)29-19(2)28/h3-17H,1-2H3/b17-16+. The third-order valence-electron chi connectivity index (χ3n) is 4.85. The Morgan fingerprint density at radius 1 is 0.900 bits per heavy atom. The Hall–Kier alpha value is -3.31. The van der Waals surface area contributed by atoms with Crippen LogP contribution in [0.3, 0.4) is 0 Å². The van der Waals surface area contributed by atoms with Crippen molar-refractivity contribution in [2.75, 3.05) is 4.90 Å². The number of rotatable bonds is 4. The van der Waals surface area contributed by atoms with Crippen LogP contribution in [0.5, 0.6) is 5.75 Å². The van der Waals surface area contributed by atoms with Gasteiger partial charge in [-0.15, -0.1) is 0 Å². The zero-order valence-corrected chi connectivity index (χ0v) is 17.6. The van der Waals surface area contributed by atoms with Crippen LogP contribution in [0.15, 0.2) is 89.8 Å². The predicted molar refractivity (Wildman–Crippen MR) is 120 cm³/mol. The Morgan fingerprint density at radius 2 is 1.57 bits per heavy atom. The molecule has 150 valence electrons. The lowest BCUT2D eigenvalue weighted by molar-refractivity contribution is -0.131. The zero-order chi connectivity index (χ0) is 21.1. The van der Waals surface area contributed by atoms with E-state index in [2.05, 4.69) is 0 Å². The van der Waals surface area contributed by atoms with Gasteiger partial charge in [-0.2, -0.15) is 0 Å². The summed E-state index contributed by atoms with van der Waals surface area (Å²) in [5.74, 6) is -0.0587. The third kappa shape index (κ3) is 3.64. The summed E-state index contributed by atoms with van der Waals surface area (Å²) in [7, 11) is 0. The summed E-state index contributed by atoms with van der Waals surface area (Å²) >= 11 is 1.56. The summed E-state index contributed by atoms with van der Waals surface area (Å²) in [6.07, 6.45) is 4.01. The van der Waals surface area contributed by atoms with Crippen LogP contribution >= 0.6 is 11.8 Å². The van der Waals surface area contributed by atoms with Gasteiger partial charge in [0.05, 0.1) is 5.69 Å². The number of hydrogen-bond donors (Lipinski definition) is 0. The molecule has 1 aliphatic heterocycles. The molecule has 0 radical (unpaired) electrons. The van der Waals surface area contributed by atoms with E-state index in [0.29, 0.717) is 5.75 Å². The van der Waals surface area contributed by atoms with Crippen molar-refractivity contribution in [3.05, 3.63) is 96.1 Å². The van der Waals surface area contributed by atoms with Crippen molar-refractivity contribution in [1.82, 2.24) is 0 Å². The van der Waals surface area contributed by atoms with E-state index in [1.165, 1.54) is 6.92 Å². The van der Waals surface area contributed by atoms with Crippen LogP contribution in [0.25, 0.3) is 6.08 Å². The molecule has 3 aromatic carbocycles. The number of anilines is 1. The van der Waals surface area contributed by atoms with E-state index in [1.807, 2.05) is 84.9 Å². The van der Waals surface area contributed by atoms with E-state index in [4.69, 9.17) is 4.74 Å². The van der Waals surface area contributed by atoms with Gasteiger partial charge in [0, 0.05) is 24.3 Å². The molecule has 1 heterocycles. The molecule has 0 N–H and O–H groups in total. The Morgan fingerprint density at radius 3 is 2.30 bits per heavy atom. The molecule has 0 saturated heterocycles. The molecule has 1 aliphatic rings. The molecule has 0 saturated carbocycles. The molecule has 4 nitrogen and oxygen atoms in total. The number of benzene rings is 3. The van der Waals surface area contributed by atoms with Gasteiger partial charge in [0.1, 0.15) is 10.6 Å². The number of hydrogen-bond acceptors (Lipinski definition) is 4. The van der Waals surface area contributed by atoms with Crippen molar-refractivity contribution in [2.24, 2.45) is 0 Å². The summed E-state index contributed by atoms with van der Waals surface area (Å²) < 4.78 is 5.54. The molecule has 3 aromatic rings. The highest BCUT2D eigenvalue weighted by atomic mass is 32.2. The number of carbonyl (C=O) groups is 2. The van der Waals surface area contributed by atoms with Gasteiger partial charge in [-0.25, -0.2) is 0 Å². The molecule has 4 rings (SSSR count). The fraction of sp³-hybridized carbons (Fsp3) is 0.120. The molecule has 1 unspecified atom stereocenters. The second-order valence-corrected chi connectivity index (χ2v) is 8.22. The molecule has 1 atom stereocenters. The van der Waals surface area contributed by atoms with Crippen molar-refractivity contribution in [2.45, 2.75) is 23.6 Å². The Labute approximate surface area is 180 Å². The van der Waals surface area contributed by atoms with Crippen LogP contribution in [0.4, 0.5) is 5.69 Å². The summed E-state index contributed by atoms with van der Waals surface area (Å²) in [6.45, 7) is 2.94. The lowest BCUT2D eigenvalue weighted by Crippen LogP contribution is -2.42. The Kier molecular flexibility index (Phi) is 5.46. The minimum atomic E-state index is -0.891. The van der Waals surface area contributed by atoms with E-state index in [9.17, 15) is 9.59 Å². The second-order valence-electron chi connectivity index (χ2n) is 6.95. The molecule has 0 aromatic heterocycles. The van der Waals surface area contributed by atoms with E-state index < -0.39 is 10.8 Å². The van der Waals surface area contributed by atoms with Crippen LogP contribution in [-0.2, 0) is 14.5 Å². The van der Waals surface area contributed by atoms with Crippen LogP contribution in [-0.4, -0.2) is 11.9 Å². The van der Waals surface area contributed by atoms with Gasteiger partial charge in [0.25, 0.3) is 0 Å². The first-order chi connectivity index (χ1) is 14.5. The molecule has 0 bridgehead atoms. The van der Waals surface area contributed by atoms with Gasteiger partial charge in [-0.05, 0) is 29.8 Å². The second kappa shape index (κ2) is 8.20. The fourth-order valence-corrected chi connectivity index (χ4v) is 5.16. The highest BCUT2D eigenvalue weighted by molar-refractivity contribution is 8.01. The number of carbonyl (C=O) groups excluding carboxylic acids is 2. The highest BCUT2D eigenvalue weighted by Gasteiger charge is 2.48. The lowest BCUT2D eigenvalue weighted by Gasteiger charge is -2.36. The summed E-state index contributed by atoms with van der Waals surface area (Å²) in [6, 6.07) is 25.1. The topological polar surface area (TPSA) is 46.6 Å². The van der Waals surface area contributed by atoms with E-state index >= 15 is 0 Å². The average molecular weight is 416 g/mol. The average Bonchev–Trinajstić information content (AvgIpc) is 3.08. The summed E-state index contributed by atoms with van der Waals surface area (Å²) in [5.41, 5.74) is 2.59. The molecule has 30 heavy (non-hydrogen) atoms. The van der Waals surface area contributed by atoms with Crippen molar-refractivity contribution in [3.63, 3.8) is 0 Å². The largest absolute Gasteiger partial charge is 0.426 e. The van der Waals surface area contributed by atoms with Gasteiger partial charge in [-0.3, -0.25) is 14.5 Å². The van der Waals surface area contributed by atoms with Crippen molar-refractivity contribution in [3.8, 4) is 5.75 Å². The number of esters is 1. The molecule has 1 amide bonds. The summed E-state index contributed by atoms with van der Waals surface area (Å²) in [5, 5.41) is 0. The number of nitrogens with zero attached hydrogens (tertiary/aromatic N) is 1. The smallest absolute Gasteiger partial charge is 0.308 e. The van der Waals surface area contributed by atoms with E-state index in [0.717, 1.165) is 21.7 Å². The van der Waals surface area contributed by atoms with Crippen LogP contribution in [0.1, 0.15) is 25.0 Å². The van der Waals surface area contributed by atoms with Gasteiger partial charge in [-0.1, -0.05) is 78.5 Å². The van der Waals surface area contributed by atoms with Gasteiger partial charge >= 0.3 is 5.97 Å². The van der Waals surface area contributed by atoms with Gasteiger partial charge in [0.15, 0.2) is 0 Å². The first-order valence-corrected chi connectivity index (χ1v) is 10.4. The third-order valence-corrected chi connectivity index (χ3v) is 6.26. The molecule has 0 spiro atoms. The molecule has 0 aliphatic carbocycles. The van der Waals surface area contributed by atoms with Crippen LogP contribution in [0, 0.1) is 0 Å². The van der Waals surface area contributed by atoms with Gasteiger partial charge < -0.3 is 4.74 Å². The molecule has 0 fully saturated rings. The molecule has 5 heteroatoms. The summed E-state index contributed by atoms with van der Waals surface area (Å²) in [4.78, 5) is 26.6. The van der Waals surface area contributed by atoms with E-state index in [1.54, 1.807) is 29.7 Å².